The van der Waals surface area contributed by atoms with E-state index in [-0.39, 0.29) is 5.69 Å². The summed E-state index contributed by atoms with van der Waals surface area (Å²) >= 11 is 0. The number of aromatic amines is 1. The summed E-state index contributed by atoms with van der Waals surface area (Å²) in [5, 5.41) is 17.8. The first-order chi connectivity index (χ1) is 5.05. The molecule has 0 amide bonds. The molecule has 0 aliphatic rings. The van der Waals surface area contributed by atoms with Crippen LogP contribution in [-0.4, -0.2) is 26.2 Å². The fraction of sp³-hybridized carbons (Fsp3) is 0.333. The lowest BCUT2D eigenvalue weighted by Crippen LogP contribution is -2.32. The summed E-state index contributed by atoms with van der Waals surface area (Å²) < 4.78 is 0. The summed E-state index contributed by atoms with van der Waals surface area (Å²) in [6.07, 6.45) is 2.58. The lowest BCUT2D eigenvalue weighted by Gasteiger charge is -2.14. The van der Waals surface area contributed by atoms with E-state index in [4.69, 9.17) is 5.11 Å². The normalized spacial score (nSPS) is 15.8. The molecule has 0 aromatic carbocycles. The second-order valence-electron chi connectivity index (χ2n) is 2.34. The highest BCUT2D eigenvalue weighted by molar-refractivity contribution is 5.77. The van der Waals surface area contributed by atoms with Crippen molar-refractivity contribution in [2.75, 3.05) is 0 Å². The molecule has 0 spiro atoms. The zero-order valence-corrected chi connectivity index (χ0v) is 5.90. The van der Waals surface area contributed by atoms with Crippen molar-refractivity contribution in [1.82, 2.24) is 9.97 Å². The summed E-state index contributed by atoms with van der Waals surface area (Å²) in [7, 11) is 0. The van der Waals surface area contributed by atoms with Crippen molar-refractivity contribution in [3.63, 3.8) is 0 Å². The van der Waals surface area contributed by atoms with E-state index < -0.39 is 11.6 Å². The fourth-order valence-electron chi connectivity index (χ4n) is 0.637. The molecule has 1 atom stereocenters. The van der Waals surface area contributed by atoms with Crippen molar-refractivity contribution >= 4 is 5.97 Å². The summed E-state index contributed by atoms with van der Waals surface area (Å²) in [5.41, 5.74) is -1.71. The molecule has 5 heteroatoms. The molecular formula is C6H8N2O3. The van der Waals surface area contributed by atoms with Crippen LogP contribution in [-0.2, 0) is 10.4 Å². The molecule has 60 valence electrons. The Bertz CT molecular complexity index is 253. The highest BCUT2D eigenvalue weighted by Crippen LogP contribution is 2.16. The van der Waals surface area contributed by atoms with Gasteiger partial charge in [-0.15, -0.1) is 0 Å². The van der Waals surface area contributed by atoms with Gasteiger partial charge in [-0.05, 0) is 6.92 Å². The highest BCUT2D eigenvalue weighted by Gasteiger charge is 2.33. The van der Waals surface area contributed by atoms with Gasteiger partial charge in [0, 0.05) is 0 Å². The van der Waals surface area contributed by atoms with Crippen molar-refractivity contribution in [2.24, 2.45) is 0 Å². The molecule has 11 heavy (non-hydrogen) atoms. The Labute approximate surface area is 62.7 Å². The number of hydrogen-bond donors (Lipinski definition) is 3. The van der Waals surface area contributed by atoms with Crippen molar-refractivity contribution < 1.29 is 15.0 Å². The Morgan fingerprint density at radius 2 is 2.45 bits per heavy atom. The zero-order valence-electron chi connectivity index (χ0n) is 5.90. The number of nitrogens with zero attached hydrogens (tertiary/aromatic N) is 1. The largest absolute Gasteiger partial charge is 0.479 e. The first-order valence-corrected chi connectivity index (χ1v) is 3.00. The number of carbonyl (C=O) groups is 1. The van der Waals surface area contributed by atoms with Crippen LogP contribution < -0.4 is 0 Å². The number of H-pyrrole nitrogens is 1. The summed E-state index contributed by atoms with van der Waals surface area (Å²) in [6, 6.07) is 0. The number of aliphatic hydroxyl groups is 1. The molecule has 1 heterocycles. The molecule has 0 saturated heterocycles. The van der Waals surface area contributed by atoms with Gasteiger partial charge in [0.2, 0.25) is 5.60 Å². The van der Waals surface area contributed by atoms with Crippen LogP contribution in [0.25, 0.3) is 0 Å². The Balaban J connectivity index is 3.00. The number of carboxylic acid groups (broad SMARTS) is 1. The maximum absolute atomic E-state index is 10.4. The molecule has 0 fully saturated rings. The molecule has 0 radical (unpaired) electrons. The number of carboxylic acids is 1. The maximum atomic E-state index is 10.4. The van der Waals surface area contributed by atoms with Crippen LogP contribution in [0.2, 0.25) is 0 Å². The summed E-state index contributed by atoms with van der Waals surface area (Å²) in [5.74, 6) is -1.30. The smallest absolute Gasteiger partial charge is 0.341 e. The molecule has 3 N–H and O–H groups in total. The molecule has 0 bridgehead atoms. The Kier molecular flexibility index (Phi) is 1.66. The Morgan fingerprint density at radius 1 is 1.82 bits per heavy atom. The van der Waals surface area contributed by atoms with Crippen molar-refractivity contribution in [3.8, 4) is 0 Å². The minimum absolute atomic E-state index is 0.171. The highest BCUT2D eigenvalue weighted by atomic mass is 16.4. The molecule has 1 rings (SSSR count). The van der Waals surface area contributed by atoms with Crippen molar-refractivity contribution in [3.05, 3.63) is 18.2 Å². The number of aromatic nitrogens is 2. The topological polar surface area (TPSA) is 86.2 Å². The zero-order chi connectivity index (χ0) is 8.48. The first kappa shape index (κ1) is 7.74. The van der Waals surface area contributed by atoms with Gasteiger partial charge in [0.25, 0.3) is 0 Å². The van der Waals surface area contributed by atoms with E-state index in [1.54, 1.807) is 0 Å². The van der Waals surface area contributed by atoms with E-state index in [9.17, 15) is 9.90 Å². The molecule has 0 aliphatic heterocycles. The van der Waals surface area contributed by atoms with Crippen LogP contribution in [0.3, 0.4) is 0 Å². The van der Waals surface area contributed by atoms with Crippen LogP contribution in [0.5, 0.6) is 0 Å². The third-order valence-corrected chi connectivity index (χ3v) is 1.44. The molecule has 1 aromatic heterocycles. The van der Waals surface area contributed by atoms with Crippen molar-refractivity contribution in [1.29, 1.82) is 0 Å². The predicted molar refractivity (Wildman–Crippen MR) is 35.8 cm³/mol. The summed E-state index contributed by atoms with van der Waals surface area (Å²) in [4.78, 5) is 16.5. The SMILES string of the molecule is CC(O)(C(=O)O)c1cnc[nH]1. The van der Waals surface area contributed by atoms with E-state index in [0.29, 0.717) is 0 Å². The van der Waals surface area contributed by atoms with E-state index in [1.807, 2.05) is 0 Å². The molecule has 5 nitrogen and oxygen atoms in total. The Hall–Kier alpha value is -1.36. The predicted octanol–water partition coefficient (Wildman–Crippen LogP) is -0.298. The van der Waals surface area contributed by atoms with Gasteiger partial charge < -0.3 is 15.2 Å². The van der Waals surface area contributed by atoms with Crippen molar-refractivity contribution in [2.45, 2.75) is 12.5 Å². The van der Waals surface area contributed by atoms with Crippen LogP contribution in [0.15, 0.2) is 12.5 Å². The van der Waals surface area contributed by atoms with Gasteiger partial charge in [-0.3, -0.25) is 0 Å². The van der Waals surface area contributed by atoms with E-state index >= 15 is 0 Å². The van der Waals surface area contributed by atoms with E-state index in [2.05, 4.69) is 9.97 Å². The number of imidazole rings is 1. The van der Waals surface area contributed by atoms with Crippen LogP contribution >= 0.6 is 0 Å². The second-order valence-corrected chi connectivity index (χ2v) is 2.34. The number of aliphatic carboxylic acids is 1. The molecule has 0 aliphatic carbocycles. The molecular weight excluding hydrogens is 148 g/mol. The van der Waals surface area contributed by atoms with E-state index in [1.165, 1.54) is 19.4 Å². The van der Waals surface area contributed by atoms with Gasteiger partial charge >= 0.3 is 5.97 Å². The second kappa shape index (κ2) is 2.35. The van der Waals surface area contributed by atoms with Gasteiger partial charge in [0.15, 0.2) is 0 Å². The van der Waals surface area contributed by atoms with Crippen LogP contribution in [0.1, 0.15) is 12.6 Å². The lowest BCUT2D eigenvalue weighted by molar-refractivity contribution is -0.157. The average molecular weight is 156 g/mol. The van der Waals surface area contributed by atoms with Gasteiger partial charge in [-0.25, -0.2) is 9.78 Å². The standard InChI is InChI=1S/C6H8N2O3/c1-6(11,5(9)10)4-2-7-3-8-4/h2-3,11H,1H3,(H,7,8)(H,9,10). The van der Waals surface area contributed by atoms with Gasteiger partial charge in [0.05, 0.1) is 18.2 Å². The van der Waals surface area contributed by atoms with Crippen LogP contribution in [0.4, 0.5) is 0 Å². The van der Waals surface area contributed by atoms with E-state index in [0.717, 1.165) is 0 Å². The number of hydrogen-bond acceptors (Lipinski definition) is 3. The minimum atomic E-state index is -1.88. The summed E-state index contributed by atoms with van der Waals surface area (Å²) in [6.45, 7) is 1.18. The maximum Gasteiger partial charge on any atom is 0.341 e. The van der Waals surface area contributed by atoms with Gasteiger partial charge in [-0.1, -0.05) is 0 Å². The third kappa shape index (κ3) is 1.22. The Morgan fingerprint density at radius 3 is 2.82 bits per heavy atom. The molecule has 1 unspecified atom stereocenters. The number of rotatable bonds is 2. The van der Waals surface area contributed by atoms with Gasteiger partial charge in [0.1, 0.15) is 0 Å². The minimum Gasteiger partial charge on any atom is -0.479 e. The monoisotopic (exact) mass is 156 g/mol. The number of nitrogens with one attached hydrogen (secondary N) is 1. The molecule has 0 saturated carbocycles. The lowest BCUT2D eigenvalue weighted by atomic mass is 10.0. The molecule has 1 aromatic rings. The quantitative estimate of drug-likeness (QED) is 0.548. The van der Waals surface area contributed by atoms with Crippen LogP contribution in [0, 0.1) is 0 Å². The third-order valence-electron chi connectivity index (χ3n) is 1.44. The van der Waals surface area contributed by atoms with Gasteiger partial charge in [-0.2, -0.15) is 0 Å². The first-order valence-electron chi connectivity index (χ1n) is 3.00. The fourth-order valence-corrected chi connectivity index (χ4v) is 0.637. The average Bonchev–Trinajstić information content (AvgIpc) is 2.37.